The maximum absolute atomic E-state index is 5.58. The summed E-state index contributed by atoms with van der Waals surface area (Å²) < 4.78 is 11.0. The molecule has 0 radical (unpaired) electrons. The molecule has 1 saturated heterocycles. The lowest BCUT2D eigenvalue weighted by Gasteiger charge is -2.07. The predicted molar refractivity (Wildman–Crippen MR) is 77.1 cm³/mol. The lowest BCUT2D eigenvalue weighted by molar-refractivity contribution is -0.106. The van der Waals surface area contributed by atoms with Gasteiger partial charge in [0, 0.05) is 12.3 Å². The van der Waals surface area contributed by atoms with Crippen molar-refractivity contribution in [2.75, 3.05) is 19.1 Å². The van der Waals surface area contributed by atoms with Gasteiger partial charge in [-0.2, -0.15) is 0 Å². The molecule has 0 aromatic rings. The van der Waals surface area contributed by atoms with E-state index in [1.54, 1.807) is 0 Å². The molecule has 1 heterocycles. The van der Waals surface area contributed by atoms with Gasteiger partial charge in [-0.3, -0.25) is 0 Å². The first-order valence-corrected chi connectivity index (χ1v) is 7.87. The highest BCUT2D eigenvalue weighted by atomic mass is 35.5. The smallest absolute Gasteiger partial charge is 0.161 e. The number of hydrogen-bond donors (Lipinski definition) is 0. The molecule has 0 aromatic heterocycles. The fraction of sp³-hybridized carbons (Fsp3) is 0.867. The molecular weight excluding hydrogens is 248 g/mol. The first-order valence-electron chi connectivity index (χ1n) is 7.34. The van der Waals surface area contributed by atoms with E-state index in [0.29, 0.717) is 12.5 Å². The summed E-state index contributed by atoms with van der Waals surface area (Å²) in [5.41, 5.74) is 1.39. The van der Waals surface area contributed by atoms with E-state index in [9.17, 15) is 0 Å². The van der Waals surface area contributed by atoms with E-state index in [2.05, 4.69) is 13.0 Å². The summed E-state index contributed by atoms with van der Waals surface area (Å²) in [6, 6.07) is 0. The van der Waals surface area contributed by atoms with Crippen LogP contribution in [0.25, 0.3) is 0 Å². The molecule has 0 aromatic carbocycles. The molecule has 106 valence electrons. The van der Waals surface area contributed by atoms with E-state index in [1.807, 2.05) is 0 Å². The Labute approximate surface area is 117 Å². The summed E-state index contributed by atoms with van der Waals surface area (Å²) in [6.07, 6.45) is 12.5. The van der Waals surface area contributed by atoms with Crippen molar-refractivity contribution < 1.29 is 9.47 Å². The van der Waals surface area contributed by atoms with Gasteiger partial charge < -0.3 is 9.47 Å². The molecule has 0 aliphatic carbocycles. The van der Waals surface area contributed by atoms with E-state index in [-0.39, 0.29) is 6.29 Å². The number of ether oxygens (including phenoxy) is 2. The van der Waals surface area contributed by atoms with Crippen LogP contribution in [0.4, 0.5) is 0 Å². The third-order valence-electron chi connectivity index (χ3n) is 3.26. The normalized spacial score (nSPS) is 21.9. The van der Waals surface area contributed by atoms with Crippen molar-refractivity contribution in [2.45, 2.75) is 64.6 Å². The molecule has 1 aliphatic heterocycles. The topological polar surface area (TPSA) is 18.5 Å². The second-order valence-electron chi connectivity index (χ2n) is 4.92. The average Bonchev–Trinajstić information content (AvgIpc) is 2.83. The number of halogens is 1. The van der Waals surface area contributed by atoms with Gasteiger partial charge in [-0.15, -0.1) is 11.6 Å². The maximum atomic E-state index is 5.58. The second kappa shape index (κ2) is 10.8. The fourth-order valence-electron chi connectivity index (χ4n) is 2.19. The molecule has 0 amide bonds. The van der Waals surface area contributed by atoms with Gasteiger partial charge in [-0.05, 0) is 18.4 Å². The largest absolute Gasteiger partial charge is 0.351 e. The van der Waals surface area contributed by atoms with Crippen molar-refractivity contribution in [1.29, 1.82) is 0 Å². The highest BCUT2D eigenvalue weighted by Gasteiger charge is 2.19. The minimum Gasteiger partial charge on any atom is -0.351 e. The summed E-state index contributed by atoms with van der Waals surface area (Å²) in [5.74, 6) is 0.538. The SMILES string of the molecule is CCCCCCCCC=C1COC(OCCCl)C1. The zero-order valence-electron chi connectivity index (χ0n) is 11.6. The summed E-state index contributed by atoms with van der Waals surface area (Å²) in [7, 11) is 0. The number of rotatable bonds is 10. The van der Waals surface area contributed by atoms with Gasteiger partial charge in [-0.25, -0.2) is 0 Å². The van der Waals surface area contributed by atoms with Crippen LogP contribution in [0.3, 0.4) is 0 Å². The molecule has 0 N–H and O–H groups in total. The van der Waals surface area contributed by atoms with Crippen LogP contribution >= 0.6 is 11.6 Å². The van der Waals surface area contributed by atoms with Crippen molar-refractivity contribution >= 4 is 11.6 Å². The van der Waals surface area contributed by atoms with Crippen LogP contribution in [0.1, 0.15) is 58.3 Å². The van der Waals surface area contributed by atoms with Crippen LogP contribution in [-0.4, -0.2) is 25.4 Å². The molecule has 1 unspecified atom stereocenters. The highest BCUT2D eigenvalue weighted by molar-refractivity contribution is 6.17. The van der Waals surface area contributed by atoms with Gasteiger partial charge in [0.05, 0.1) is 13.2 Å². The van der Waals surface area contributed by atoms with Gasteiger partial charge in [0.1, 0.15) is 0 Å². The first kappa shape index (κ1) is 16.0. The number of hydrogen-bond acceptors (Lipinski definition) is 2. The van der Waals surface area contributed by atoms with Crippen LogP contribution in [0.5, 0.6) is 0 Å². The molecule has 0 spiro atoms. The Kier molecular flexibility index (Phi) is 9.63. The Morgan fingerprint density at radius 1 is 1.28 bits per heavy atom. The Balaban J connectivity index is 1.99. The lowest BCUT2D eigenvalue weighted by Crippen LogP contribution is -2.11. The van der Waals surface area contributed by atoms with Crippen molar-refractivity contribution in [3.05, 3.63) is 11.6 Å². The molecular formula is C15H27ClO2. The van der Waals surface area contributed by atoms with Gasteiger partial charge >= 0.3 is 0 Å². The minimum atomic E-state index is -0.0560. The zero-order valence-corrected chi connectivity index (χ0v) is 12.4. The average molecular weight is 275 g/mol. The minimum absolute atomic E-state index is 0.0560. The fourth-order valence-corrected chi connectivity index (χ4v) is 2.28. The van der Waals surface area contributed by atoms with Crippen LogP contribution in [-0.2, 0) is 9.47 Å². The molecule has 1 atom stereocenters. The highest BCUT2D eigenvalue weighted by Crippen LogP contribution is 2.20. The van der Waals surface area contributed by atoms with Gasteiger partial charge in [-0.1, -0.05) is 45.1 Å². The third kappa shape index (κ3) is 7.40. The van der Waals surface area contributed by atoms with Gasteiger partial charge in [0.25, 0.3) is 0 Å². The Morgan fingerprint density at radius 3 is 2.83 bits per heavy atom. The second-order valence-corrected chi connectivity index (χ2v) is 5.30. The van der Waals surface area contributed by atoms with Crippen molar-refractivity contribution in [2.24, 2.45) is 0 Å². The Bertz CT molecular complexity index is 229. The predicted octanol–water partition coefficient (Wildman–Crippen LogP) is 4.67. The number of allylic oxidation sites excluding steroid dienone is 1. The molecule has 1 aliphatic rings. The van der Waals surface area contributed by atoms with Crippen molar-refractivity contribution in [3.63, 3.8) is 0 Å². The molecule has 1 rings (SSSR count). The number of unbranched alkanes of at least 4 members (excludes halogenated alkanes) is 6. The van der Waals surface area contributed by atoms with E-state index < -0.39 is 0 Å². The zero-order chi connectivity index (χ0) is 13.1. The van der Waals surface area contributed by atoms with Crippen molar-refractivity contribution in [1.82, 2.24) is 0 Å². The Morgan fingerprint density at radius 2 is 2.06 bits per heavy atom. The van der Waals surface area contributed by atoms with Crippen LogP contribution in [0, 0.1) is 0 Å². The van der Waals surface area contributed by atoms with E-state index in [4.69, 9.17) is 21.1 Å². The third-order valence-corrected chi connectivity index (χ3v) is 3.41. The summed E-state index contributed by atoms with van der Waals surface area (Å²) in [6.45, 7) is 3.58. The number of alkyl halides is 1. The van der Waals surface area contributed by atoms with Crippen LogP contribution in [0.15, 0.2) is 11.6 Å². The molecule has 1 fully saturated rings. The van der Waals surface area contributed by atoms with E-state index in [1.165, 1.54) is 50.5 Å². The van der Waals surface area contributed by atoms with Crippen LogP contribution in [0.2, 0.25) is 0 Å². The summed E-state index contributed by atoms with van der Waals surface area (Å²) in [5, 5.41) is 0. The molecule has 18 heavy (non-hydrogen) atoms. The molecule has 3 heteroatoms. The van der Waals surface area contributed by atoms with Crippen LogP contribution < -0.4 is 0 Å². The molecule has 0 bridgehead atoms. The summed E-state index contributed by atoms with van der Waals surface area (Å²) >= 11 is 5.58. The van der Waals surface area contributed by atoms with Crippen molar-refractivity contribution in [3.8, 4) is 0 Å². The summed E-state index contributed by atoms with van der Waals surface area (Å²) in [4.78, 5) is 0. The van der Waals surface area contributed by atoms with E-state index >= 15 is 0 Å². The lowest BCUT2D eigenvalue weighted by atomic mass is 10.1. The maximum Gasteiger partial charge on any atom is 0.161 e. The molecule has 0 saturated carbocycles. The first-order chi connectivity index (χ1) is 8.86. The van der Waals surface area contributed by atoms with Gasteiger partial charge in [0.15, 0.2) is 6.29 Å². The van der Waals surface area contributed by atoms with E-state index in [0.717, 1.165) is 13.0 Å². The standard InChI is InChI=1S/C15H27ClO2/c1-2-3-4-5-6-7-8-9-14-12-15(18-13-14)17-11-10-16/h9,15H,2-8,10-13H2,1H3. The monoisotopic (exact) mass is 274 g/mol. The quantitative estimate of drug-likeness (QED) is 0.328. The Hall–Kier alpha value is -0.0500. The van der Waals surface area contributed by atoms with Gasteiger partial charge in [0.2, 0.25) is 0 Å². The molecule has 2 nitrogen and oxygen atoms in total.